The van der Waals surface area contributed by atoms with Crippen molar-refractivity contribution in [2.24, 2.45) is 0 Å². The molecule has 0 amide bonds. The molecular weight excluding hydrogens is 108 g/mol. The molecule has 0 saturated heterocycles. The third-order valence-corrected chi connectivity index (χ3v) is 0.554. The van der Waals surface area contributed by atoms with E-state index >= 15 is 0 Å². The second-order valence-electron chi connectivity index (χ2n) is 1.30. The highest BCUT2D eigenvalue weighted by molar-refractivity contribution is 5.76. The summed E-state index contributed by atoms with van der Waals surface area (Å²) in [5, 5.41) is 7.96. The lowest BCUT2D eigenvalue weighted by molar-refractivity contribution is -0.142. The van der Waals surface area contributed by atoms with E-state index in [-0.39, 0.29) is 0 Å². The molecule has 0 aromatic rings. The van der Waals surface area contributed by atoms with Crippen molar-refractivity contribution in [3.05, 3.63) is 6.61 Å². The van der Waals surface area contributed by atoms with Crippen LogP contribution in [0.4, 0.5) is 0 Å². The van der Waals surface area contributed by atoms with Crippen molar-refractivity contribution in [2.75, 3.05) is 6.61 Å². The van der Waals surface area contributed by atoms with E-state index in [1.54, 1.807) is 0 Å². The summed E-state index contributed by atoms with van der Waals surface area (Å²) >= 11 is 0. The van der Waals surface area contributed by atoms with Gasteiger partial charge in [0.05, 0.1) is 6.61 Å². The molecule has 0 fully saturated rings. The number of aliphatic hydroxyl groups excluding tert-OH is 1. The minimum absolute atomic E-state index is 0.371. The van der Waals surface area contributed by atoms with E-state index in [1.165, 1.54) is 0 Å². The Morgan fingerprint density at radius 1 is 1.88 bits per heavy atom. The Balaban J connectivity index is 2.99. The fraction of sp³-hybridized carbons (Fsp3) is 0.600. The van der Waals surface area contributed by atoms with E-state index in [1.807, 2.05) is 6.92 Å². The molecule has 0 unspecified atom stereocenters. The number of ether oxygens (including phenoxy) is 1. The molecule has 1 radical (unpaired) electrons. The zero-order valence-corrected chi connectivity index (χ0v) is 4.76. The van der Waals surface area contributed by atoms with Crippen LogP contribution in [0.25, 0.3) is 0 Å². The molecule has 0 aromatic carbocycles. The molecule has 0 aliphatic rings. The first kappa shape index (κ1) is 7.43. The van der Waals surface area contributed by atoms with Crippen molar-refractivity contribution in [1.29, 1.82) is 0 Å². The van der Waals surface area contributed by atoms with E-state index < -0.39 is 5.97 Å². The fourth-order valence-corrected chi connectivity index (χ4v) is 0.240. The van der Waals surface area contributed by atoms with Crippen LogP contribution in [-0.4, -0.2) is 17.7 Å². The maximum atomic E-state index is 10.0. The highest BCUT2D eigenvalue weighted by atomic mass is 16.5. The minimum Gasteiger partial charge on any atom is -0.464 e. The van der Waals surface area contributed by atoms with Gasteiger partial charge in [0.15, 0.2) is 6.61 Å². The van der Waals surface area contributed by atoms with Crippen LogP contribution in [0.15, 0.2) is 0 Å². The molecule has 0 rings (SSSR count). The first-order valence-corrected chi connectivity index (χ1v) is 2.45. The standard InChI is InChI=1S/C5H9O3/c1-2-3-8-5(7)4-6/h4,6H,2-3H2,1H3. The molecule has 3 heteroatoms. The molecule has 0 aromatic heterocycles. The summed E-state index contributed by atoms with van der Waals surface area (Å²) in [5.74, 6) is -0.674. The largest absolute Gasteiger partial charge is 0.464 e. The minimum atomic E-state index is -0.674. The summed E-state index contributed by atoms with van der Waals surface area (Å²) in [6.45, 7) is 2.66. The molecule has 0 heterocycles. The Morgan fingerprint density at radius 2 is 2.50 bits per heavy atom. The lowest BCUT2D eigenvalue weighted by Crippen LogP contribution is -2.04. The number of esters is 1. The maximum Gasteiger partial charge on any atom is 0.338 e. The summed E-state index contributed by atoms with van der Waals surface area (Å²) in [4.78, 5) is 10.0. The highest BCUT2D eigenvalue weighted by Crippen LogP contribution is 1.82. The van der Waals surface area contributed by atoms with Gasteiger partial charge in [-0.05, 0) is 6.42 Å². The summed E-state index contributed by atoms with van der Waals surface area (Å²) in [6, 6.07) is 0. The first-order chi connectivity index (χ1) is 3.81. The smallest absolute Gasteiger partial charge is 0.338 e. The molecule has 47 valence electrons. The van der Waals surface area contributed by atoms with Crippen molar-refractivity contribution in [1.82, 2.24) is 0 Å². The monoisotopic (exact) mass is 117 g/mol. The molecule has 0 aliphatic heterocycles. The van der Waals surface area contributed by atoms with Crippen molar-refractivity contribution in [3.8, 4) is 0 Å². The van der Waals surface area contributed by atoms with Gasteiger partial charge in [-0.2, -0.15) is 0 Å². The molecule has 8 heavy (non-hydrogen) atoms. The summed E-state index contributed by atoms with van der Waals surface area (Å²) in [6.07, 6.45) is 0.777. The first-order valence-electron chi connectivity index (χ1n) is 2.45. The zero-order chi connectivity index (χ0) is 6.41. The Kier molecular flexibility index (Phi) is 4.26. The van der Waals surface area contributed by atoms with Crippen LogP contribution in [0, 0.1) is 6.61 Å². The second kappa shape index (κ2) is 4.59. The second-order valence-corrected chi connectivity index (χ2v) is 1.30. The molecule has 0 aliphatic carbocycles. The number of rotatable bonds is 3. The number of aliphatic hydroxyl groups is 1. The van der Waals surface area contributed by atoms with Crippen LogP contribution >= 0.6 is 0 Å². The van der Waals surface area contributed by atoms with Gasteiger partial charge in [-0.15, -0.1) is 0 Å². The van der Waals surface area contributed by atoms with Crippen LogP contribution in [0.2, 0.25) is 0 Å². The van der Waals surface area contributed by atoms with E-state index in [9.17, 15) is 4.79 Å². The van der Waals surface area contributed by atoms with Crippen LogP contribution in [-0.2, 0) is 9.53 Å². The van der Waals surface area contributed by atoms with Gasteiger partial charge < -0.3 is 9.84 Å². The molecule has 0 bridgehead atoms. The average Bonchev–Trinajstić information content (AvgIpc) is 1.83. The predicted molar refractivity (Wildman–Crippen MR) is 27.5 cm³/mol. The van der Waals surface area contributed by atoms with Gasteiger partial charge in [0.2, 0.25) is 0 Å². The molecule has 0 spiro atoms. The van der Waals surface area contributed by atoms with Crippen LogP contribution in [0.3, 0.4) is 0 Å². The SMILES string of the molecule is CCCOC(=O)[CH]O. The van der Waals surface area contributed by atoms with Gasteiger partial charge in [-0.1, -0.05) is 6.92 Å². The Hall–Kier alpha value is -0.570. The van der Waals surface area contributed by atoms with E-state index in [2.05, 4.69) is 4.74 Å². The lowest BCUT2D eigenvalue weighted by atomic mass is 10.5. The summed E-state index contributed by atoms with van der Waals surface area (Å²) in [5.41, 5.74) is 0. The highest BCUT2D eigenvalue weighted by Gasteiger charge is 1.96. The maximum absolute atomic E-state index is 10.0. The third kappa shape index (κ3) is 3.61. The normalized spacial score (nSPS) is 8.75. The van der Waals surface area contributed by atoms with Gasteiger partial charge >= 0.3 is 5.97 Å². The van der Waals surface area contributed by atoms with E-state index in [4.69, 9.17) is 5.11 Å². The number of carbonyl (C=O) groups excluding carboxylic acids is 1. The van der Waals surface area contributed by atoms with E-state index in [0.29, 0.717) is 13.2 Å². The predicted octanol–water partition coefficient (Wildman–Crippen LogP) is 0.474. The Morgan fingerprint density at radius 3 is 2.88 bits per heavy atom. The van der Waals surface area contributed by atoms with Crippen molar-refractivity contribution < 1.29 is 14.6 Å². The lowest BCUT2D eigenvalue weighted by Gasteiger charge is -1.96. The molecular formula is C5H9O3. The number of hydrogen-bond acceptors (Lipinski definition) is 3. The number of hydrogen-bond donors (Lipinski definition) is 1. The molecule has 0 saturated carbocycles. The van der Waals surface area contributed by atoms with Gasteiger partial charge in [0.1, 0.15) is 0 Å². The summed E-state index contributed by atoms with van der Waals surface area (Å²) in [7, 11) is 0. The van der Waals surface area contributed by atoms with Crippen LogP contribution in [0.1, 0.15) is 13.3 Å². The van der Waals surface area contributed by atoms with Gasteiger partial charge in [0, 0.05) is 0 Å². The average molecular weight is 117 g/mol. The molecule has 1 N–H and O–H groups in total. The van der Waals surface area contributed by atoms with Crippen molar-refractivity contribution >= 4 is 5.97 Å². The van der Waals surface area contributed by atoms with Crippen LogP contribution < -0.4 is 0 Å². The van der Waals surface area contributed by atoms with Gasteiger partial charge in [-0.25, -0.2) is 4.79 Å². The van der Waals surface area contributed by atoms with Gasteiger partial charge in [-0.3, -0.25) is 0 Å². The Labute approximate surface area is 48.3 Å². The number of carbonyl (C=O) groups is 1. The topological polar surface area (TPSA) is 46.5 Å². The van der Waals surface area contributed by atoms with Crippen LogP contribution in [0.5, 0.6) is 0 Å². The Bertz CT molecular complexity index is 70.1. The van der Waals surface area contributed by atoms with Crippen molar-refractivity contribution in [2.45, 2.75) is 13.3 Å². The van der Waals surface area contributed by atoms with E-state index in [0.717, 1.165) is 6.42 Å². The quantitative estimate of drug-likeness (QED) is 0.546. The fourth-order valence-electron chi connectivity index (χ4n) is 0.240. The van der Waals surface area contributed by atoms with Gasteiger partial charge in [0.25, 0.3) is 0 Å². The third-order valence-electron chi connectivity index (χ3n) is 0.554. The molecule has 0 atom stereocenters. The van der Waals surface area contributed by atoms with Crippen molar-refractivity contribution in [3.63, 3.8) is 0 Å². The zero-order valence-electron chi connectivity index (χ0n) is 4.76. The molecule has 3 nitrogen and oxygen atoms in total. The summed E-state index contributed by atoms with van der Waals surface area (Å²) < 4.78 is 4.40.